The molecule has 1 saturated heterocycles. The number of carbonyl (C=O) groups is 1. The van der Waals surface area contributed by atoms with Crippen LogP contribution in [0.3, 0.4) is 0 Å². The van der Waals surface area contributed by atoms with Crippen LogP contribution in [0.1, 0.15) is 55.5 Å². The third-order valence-electron chi connectivity index (χ3n) is 5.33. The summed E-state index contributed by atoms with van der Waals surface area (Å²) in [4.78, 5) is 16.6. The highest BCUT2D eigenvalue weighted by atomic mass is 16.5. The third kappa shape index (κ3) is 4.14. The number of nitrogens with zero attached hydrogens (tertiary/aromatic N) is 3. The monoisotopic (exact) mass is 319 g/mol. The molecule has 0 unspecified atom stereocenters. The van der Waals surface area contributed by atoms with Crippen LogP contribution < -0.4 is 0 Å². The van der Waals surface area contributed by atoms with Gasteiger partial charge in [0.25, 0.3) is 0 Å². The molecule has 1 fully saturated rings. The van der Waals surface area contributed by atoms with E-state index in [2.05, 4.69) is 17.1 Å². The zero-order chi connectivity index (χ0) is 16.2. The first kappa shape index (κ1) is 16.5. The van der Waals surface area contributed by atoms with E-state index in [1.807, 2.05) is 11.9 Å². The van der Waals surface area contributed by atoms with Crippen molar-refractivity contribution in [1.82, 2.24) is 15.0 Å². The topological polar surface area (TPSA) is 49.6 Å². The maximum absolute atomic E-state index is 12.4. The highest BCUT2D eigenvalue weighted by Crippen LogP contribution is 2.25. The number of piperidine rings is 1. The minimum atomic E-state index is 0.228. The van der Waals surface area contributed by atoms with Gasteiger partial charge in [0.05, 0.1) is 6.54 Å². The molecule has 2 aliphatic rings. The Balaban J connectivity index is 1.48. The van der Waals surface area contributed by atoms with Crippen LogP contribution in [0.25, 0.3) is 0 Å². The predicted molar refractivity (Wildman–Crippen MR) is 89.1 cm³/mol. The Morgan fingerprint density at radius 3 is 3.00 bits per heavy atom. The number of aromatic nitrogens is 1. The SMILES string of the molecule is CN1CCC[C@H](CCC(=O)N(C)Cc2noc3c2CCCC3)C1. The fraction of sp³-hybridized carbons (Fsp3) is 0.778. The maximum atomic E-state index is 12.4. The molecule has 1 aromatic rings. The van der Waals surface area contributed by atoms with Crippen LogP contribution in [0.15, 0.2) is 4.52 Å². The molecule has 23 heavy (non-hydrogen) atoms. The molecule has 0 bridgehead atoms. The summed E-state index contributed by atoms with van der Waals surface area (Å²) in [7, 11) is 4.06. The quantitative estimate of drug-likeness (QED) is 0.837. The fourth-order valence-electron chi connectivity index (χ4n) is 3.91. The first-order chi connectivity index (χ1) is 11.1. The molecule has 5 heteroatoms. The van der Waals surface area contributed by atoms with Gasteiger partial charge in [0.1, 0.15) is 11.5 Å². The Kier molecular flexibility index (Phi) is 5.36. The number of likely N-dealkylation sites (tertiary alicyclic amines) is 1. The van der Waals surface area contributed by atoms with Gasteiger partial charge in [-0.1, -0.05) is 5.16 Å². The van der Waals surface area contributed by atoms with E-state index in [1.54, 1.807) is 0 Å². The number of hydrogen-bond donors (Lipinski definition) is 0. The molecule has 1 amide bonds. The van der Waals surface area contributed by atoms with Crippen molar-refractivity contribution < 1.29 is 9.32 Å². The van der Waals surface area contributed by atoms with Crippen molar-refractivity contribution in [2.24, 2.45) is 5.92 Å². The molecule has 5 nitrogen and oxygen atoms in total. The average Bonchev–Trinajstić information content (AvgIpc) is 2.96. The molecular formula is C18H29N3O2. The van der Waals surface area contributed by atoms with E-state index in [0.717, 1.165) is 37.3 Å². The zero-order valence-electron chi connectivity index (χ0n) is 14.5. The van der Waals surface area contributed by atoms with E-state index in [0.29, 0.717) is 18.9 Å². The summed E-state index contributed by atoms with van der Waals surface area (Å²) in [6.45, 7) is 2.91. The molecule has 128 valence electrons. The van der Waals surface area contributed by atoms with Crippen molar-refractivity contribution >= 4 is 5.91 Å². The van der Waals surface area contributed by atoms with Crippen LogP contribution in [0.2, 0.25) is 0 Å². The standard InChI is InChI=1S/C18H29N3O2/c1-20-11-5-6-14(12-20)9-10-18(22)21(2)13-16-15-7-3-4-8-17(15)23-19-16/h14H,3-13H2,1-2H3/t14-/m1/s1. The second-order valence-corrected chi connectivity index (χ2v) is 7.30. The van der Waals surface area contributed by atoms with E-state index >= 15 is 0 Å². The van der Waals surface area contributed by atoms with Gasteiger partial charge < -0.3 is 14.3 Å². The third-order valence-corrected chi connectivity index (χ3v) is 5.33. The Morgan fingerprint density at radius 1 is 1.35 bits per heavy atom. The van der Waals surface area contributed by atoms with Crippen molar-refractivity contribution in [3.05, 3.63) is 17.0 Å². The Hall–Kier alpha value is -1.36. The lowest BCUT2D eigenvalue weighted by atomic mass is 9.93. The Morgan fingerprint density at radius 2 is 2.17 bits per heavy atom. The summed E-state index contributed by atoms with van der Waals surface area (Å²) in [5.74, 6) is 1.94. The minimum Gasteiger partial charge on any atom is -0.361 e. The fourth-order valence-corrected chi connectivity index (χ4v) is 3.91. The van der Waals surface area contributed by atoms with Crippen molar-refractivity contribution in [2.75, 3.05) is 27.2 Å². The molecule has 0 spiro atoms. The summed E-state index contributed by atoms with van der Waals surface area (Å²) in [6, 6.07) is 0. The normalized spacial score (nSPS) is 21.9. The molecule has 2 heterocycles. The van der Waals surface area contributed by atoms with Crippen molar-refractivity contribution in [2.45, 2.75) is 57.9 Å². The largest absolute Gasteiger partial charge is 0.361 e. The van der Waals surface area contributed by atoms with E-state index in [9.17, 15) is 4.79 Å². The second-order valence-electron chi connectivity index (χ2n) is 7.30. The van der Waals surface area contributed by atoms with Crippen molar-refractivity contribution in [3.63, 3.8) is 0 Å². The molecule has 1 aliphatic heterocycles. The van der Waals surface area contributed by atoms with E-state index in [-0.39, 0.29) is 5.91 Å². The van der Waals surface area contributed by atoms with Crippen LogP contribution in [-0.2, 0) is 24.2 Å². The maximum Gasteiger partial charge on any atom is 0.222 e. The Labute approximate surface area is 139 Å². The van der Waals surface area contributed by atoms with Gasteiger partial charge in [0, 0.05) is 32.0 Å². The summed E-state index contributed by atoms with van der Waals surface area (Å²) >= 11 is 0. The molecule has 0 aromatic carbocycles. The lowest BCUT2D eigenvalue weighted by Crippen LogP contribution is -2.33. The van der Waals surface area contributed by atoms with Gasteiger partial charge in [-0.25, -0.2) is 0 Å². The van der Waals surface area contributed by atoms with Gasteiger partial charge in [-0.15, -0.1) is 0 Å². The van der Waals surface area contributed by atoms with Gasteiger partial charge in [-0.2, -0.15) is 0 Å². The highest BCUT2D eigenvalue weighted by Gasteiger charge is 2.23. The molecule has 0 saturated carbocycles. The predicted octanol–water partition coefficient (Wildman–Crippen LogP) is 2.63. The molecule has 1 aromatic heterocycles. The minimum absolute atomic E-state index is 0.228. The van der Waals surface area contributed by atoms with Crippen LogP contribution in [0.4, 0.5) is 0 Å². The van der Waals surface area contributed by atoms with Gasteiger partial charge in [-0.05, 0) is 58.0 Å². The van der Waals surface area contributed by atoms with Crippen LogP contribution >= 0.6 is 0 Å². The summed E-state index contributed by atoms with van der Waals surface area (Å²) in [5.41, 5.74) is 2.22. The highest BCUT2D eigenvalue weighted by molar-refractivity contribution is 5.75. The summed E-state index contributed by atoms with van der Waals surface area (Å²) < 4.78 is 5.44. The van der Waals surface area contributed by atoms with Crippen molar-refractivity contribution in [1.29, 1.82) is 0 Å². The van der Waals surface area contributed by atoms with Crippen LogP contribution in [0, 0.1) is 5.92 Å². The molecule has 1 aliphatic carbocycles. The van der Waals surface area contributed by atoms with Gasteiger partial charge in [-0.3, -0.25) is 4.79 Å². The number of amides is 1. The summed E-state index contributed by atoms with van der Waals surface area (Å²) in [5, 5.41) is 4.20. The lowest BCUT2D eigenvalue weighted by Gasteiger charge is -2.29. The zero-order valence-corrected chi connectivity index (χ0v) is 14.5. The molecule has 3 rings (SSSR count). The van der Waals surface area contributed by atoms with E-state index in [1.165, 1.54) is 37.8 Å². The molecule has 1 atom stereocenters. The second kappa shape index (κ2) is 7.47. The number of hydrogen-bond acceptors (Lipinski definition) is 4. The van der Waals surface area contributed by atoms with Gasteiger partial charge in [0.2, 0.25) is 5.91 Å². The van der Waals surface area contributed by atoms with Crippen LogP contribution in [0.5, 0.6) is 0 Å². The lowest BCUT2D eigenvalue weighted by molar-refractivity contribution is -0.130. The number of aryl methyl sites for hydroxylation is 1. The van der Waals surface area contributed by atoms with E-state index in [4.69, 9.17) is 4.52 Å². The molecule has 0 radical (unpaired) electrons. The summed E-state index contributed by atoms with van der Waals surface area (Å²) in [6.07, 6.45) is 8.61. The number of rotatable bonds is 5. The van der Waals surface area contributed by atoms with Gasteiger partial charge >= 0.3 is 0 Å². The first-order valence-electron chi connectivity index (χ1n) is 9.02. The number of carbonyl (C=O) groups excluding carboxylic acids is 1. The first-order valence-corrected chi connectivity index (χ1v) is 9.02. The smallest absolute Gasteiger partial charge is 0.222 e. The molecule has 0 N–H and O–H groups in total. The molecular weight excluding hydrogens is 290 g/mol. The van der Waals surface area contributed by atoms with Crippen molar-refractivity contribution in [3.8, 4) is 0 Å². The average molecular weight is 319 g/mol. The number of fused-ring (bicyclic) bond motifs is 1. The van der Waals surface area contributed by atoms with E-state index < -0.39 is 0 Å². The van der Waals surface area contributed by atoms with Crippen LogP contribution in [-0.4, -0.2) is 48.0 Å². The van der Waals surface area contributed by atoms with Gasteiger partial charge in [0.15, 0.2) is 0 Å². The Bertz CT molecular complexity index is 540.